The molecule has 0 spiro atoms. The van der Waals surface area contributed by atoms with Crippen LogP contribution in [0.4, 0.5) is 0 Å². The molecular weight excluding hydrogens is 424 g/mol. The van der Waals surface area contributed by atoms with Crippen LogP contribution in [0.5, 0.6) is 5.75 Å². The Bertz CT molecular complexity index is 1040. The molecule has 3 N–H and O–H groups in total. The number of nitrogens with zero attached hydrogens (tertiary/aromatic N) is 3. The zero-order chi connectivity index (χ0) is 22.5. The van der Waals surface area contributed by atoms with E-state index in [1.165, 1.54) is 0 Å². The van der Waals surface area contributed by atoms with Crippen molar-refractivity contribution in [3.8, 4) is 28.6 Å². The molecule has 0 unspecified atom stereocenters. The second kappa shape index (κ2) is 9.86. The van der Waals surface area contributed by atoms with Gasteiger partial charge in [0.2, 0.25) is 11.7 Å². The number of aliphatic hydroxyl groups excluding tert-OH is 2. The number of hydrogen-bond acceptors (Lipinski definition) is 8. The SMILES string of the molecule is Cc1cc(-c2nc(-c3cc(C)c(OC[C@H](O)CNC(=O)CO)c(C)c3)no2)cc(Cl)n1. The van der Waals surface area contributed by atoms with E-state index in [9.17, 15) is 9.90 Å². The van der Waals surface area contributed by atoms with Crippen molar-refractivity contribution in [1.29, 1.82) is 0 Å². The highest BCUT2D eigenvalue weighted by atomic mass is 35.5. The molecular formula is C21H23ClN4O5. The van der Waals surface area contributed by atoms with Crippen LogP contribution in [-0.4, -0.2) is 57.1 Å². The number of aryl methyl sites for hydroxylation is 3. The smallest absolute Gasteiger partial charge is 0.258 e. The molecule has 3 aromatic rings. The summed E-state index contributed by atoms with van der Waals surface area (Å²) in [5.41, 5.74) is 3.84. The lowest BCUT2D eigenvalue weighted by Gasteiger charge is -2.16. The Balaban J connectivity index is 1.73. The third kappa shape index (κ3) is 5.78. The molecule has 0 aliphatic heterocycles. The van der Waals surface area contributed by atoms with Crippen LogP contribution in [0.15, 0.2) is 28.8 Å². The minimum Gasteiger partial charge on any atom is -0.490 e. The summed E-state index contributed by atoms with van der Waals surface area (Å²) in [5, 5.41) is 25.4. The number of ether oxygens (including phenoxy) is 1. The highest BCUT2D eigenvalue weighted by Crippen LogP contribution is 2.30. The number of carbonyl (C=O) groups excluding carboxylic acids is 1. The molecule has 31 heavy (non-hydrogen) atoms. The summed E-state index contributed by atoms with van der Waals surface area (Å²) in [6.07, 6.45) is -0.913. The van der Waals surface area contributed by atoms with Gasteiger partial charge in [0.15, 0.2) is 0 Å². The van der Waals surface area contributed by atoms with E-state index in [-0.39, 0.29) is 13.2 Å². The Morgan fingerprint density at radius 1 is 1.16 bits per heavy atom. The molecule has 0 saturated carbocycles. The van der Waals surface area contributed by atoms with E-state index < -0.39 is 18.6 Å². The minimum atomic E-state index is -0.913. The van der Waals surface area contributed by atoms with E-state index in [4.69, 9.17) is 26.0 Å². The van der Waals surface area contributed by atoms with Gasteiger partial charge in [-0.2, -0.15) is 4.98 Å². The first-order chi connectivity index (χ1) is 14.8. The lowest BCUT2D eigenvalue weighted by atomic mass is 10.1. The van der Waals surface area contributed by atoms with Crippen LogP contribution < -0.4 is 10.1 Å². The molecule has 1 aromatic carbocycles. The summed E-state index contributed by atoms with van der Waals surface area (Å²) in [4.78, 5) is 19.6. The minimum absolute atomic E-state index is 0.0127. The number of amides is 1. The fourth-order valence-electron chi connectivity index (χ4n) is 3.04. The third-order valence-electron chi connectivity index (χ3n) is 4.41. The molecule has 0 radical (unpaired) electrons. The maximum absolute atomic E-state index is 11.1. The average Bonchev–Trinajstić information content (AvgIpc) is 3.21. The second-order valence-electron chi connectivity index (χ2n) is 7.11. The van der Waals surface area contributed by atoms with Crippen LogP contribution in [0, 0.1) is 20.8 Å². The van der Waals surface area contributed by atoms with Crippen molar-refractivity contribution in [2.75, 3.05) is 19.8 Å². The molecule has 3 rings (SSSR count). The zero-order valence-electron chi connectivity index (χ0n) is 17.3. The Hall–Kier alpha value is -3.01. The highest BCUT2D eigenvalue weighted by Gasteiger charge is 2.16. The number of aromatic nitrogens is 3. The van der Waals surface area contributed by atoms with Crippen molar-refractivity contribution in [3.05, 3.63) is 46.2 Å². The molecule has 164 valence electrons. The standard InChI is InChI=1S/C21H23ClN4O5/c1-11-4-14(5-12(2)19(11)30-10-16(28)8-23-18(29)9-27)20-25-21(31-26-20)15-6-13(3)24-17(22)7-15/h4-7,16,27-28H,8-10H2,1-3H3,(H,23,29)/t16-/m1/s1. The molecule has 2 aromatic heterocycles. The Labute approximate surface area is 184 Å². The van der Waals surface area contributed by atoms with Gasteiger partial charge in [0.05, 0.1) is 0 Å². The normalized spacial score (nSPS) is 11.9. The van der Waals surface area contributed by atoms with E-state index >= 15 is 0 Å². The number of aliphatic hydroxyl groups is 2. The zero-order valence-corrected chi connectivity index (χ0v) is 18.1. The lowest BCUT2D eigenvalue weighted by Crippen LogP contribution is -2.36. The van der Waals surface area contributed by atoms with Gasteiger partial charge in [-0.25, -0.2) is 4.98 Å². The number of rotatable bonds is 8. The van der Waals surface area contributed by atoms with Crippen molar-refractivity contribution in [3.63, 3.8) is 0 Å². The lowest BCUT2D eigenvalue weighted by molar-refractivity contribution is -0.124. The monoisotopic (exact) mass is 446 g/mol. The predicted molar refractivity (Wildman–Crippen MR) is 114 cm³/mol. The largest absolute Gasteiger partial charge is 0.490 e. The van der Waals surface area contributed by atoms with Gasteiger partial charge in [0.25, 0.3) is 5.89 Å². The molecule has 10 heteroatoms. The molecule has 2 heterocycles. The third-order valence-corrected chi connectivity index (χ3v) is 4.61. The van der Waals surface area contributed by atoms with Crippen LogP contribution in [0.1, 0.15) is 16.8 Å². The summed E-state index contributed by atoms with van der Waals surface area (Å²) >= 11 is 6.01. The van der Waals surface area contributed by atoms with Crippen LogP contribution in [0.2, 0.25) is 5.15 Å². The fraction of sp³-hybridized carbons (Fsp3) is 0.333. The van der Waals surface area contributed by atoms with Gasteiger partial charge in [-0.05, 0) is 56.2 Å². The van der Waals surface area contributed by atoms with E-state index in [2.05, 4.69) is 20.4 Å². The number of hydrogen-bond donors (Lipinski definition) is 3. The van der Waals surface area contributed by atoms with Gasteiger partial charge >= 0.3 is 0 Å². The molecule has 0 aliphatic rings. The summed E-state index contributed by atoms with van der Waals surface area (Å²) in [6.45, 7) is 4.92. The van der Waals surface area contributed by atoms with Gasteiger partial charge in [-0.1, -0.05) is 16.8 Å². The van der Waals surface area contributed by atoms with Crippen LogP contribution in [0.3, 0.4) is 0 Å². The van der Waals surface area contributed by atoms with Crippen molar-refractivity contribution < 1.29 is 24.3 Å². The van der Waals surface area contributed by atoms with Crippen LogP contribution >= 0.6 is 11.6 Å². The molecule has 1 amide bonds. The summed E-state index contributed by atoms with van der Waals surface area (Å²) < 4.78 is 11.1. The Morgan fingerprint density at radius 3 is 2.52 bits per heavy atom. The number of halogens is 1. The van der Waals surface area contributed by atoms with E-state index in [0.29, 0.717) is 28.2 Å². The van der Waals surface area contributed by atoms with Crippen molar-refractivity contribution >= 4 is 17.5 Å². The van der Waals surface area contributed by atoms with E-state index in [0.717, 1.165) is 22.4 Å². The topological polar surface area (TPSA) is 131 Å². The Kier molecular flexibility index (Phi) is 7.21. The first-order valence-electron chi connectivity index (χ1n) is 9.55. The molecule has 1 atom stereocenters. The summed E-state index contributed by atoms with van der Waals surface area (Å²) in [6, 6.07) is 7.20. The first-order valence-corrected chi connectivity index (χ1v) is 9.93. The average molecular weight is 447 g/mol. The number of benzene rings is 1. The summed E-state index contributed by atoms with van der Waals surface area (Å²) in [5.74, 6) is 0.826. The molecule has 0 bridgehead atoms. The van der Waals surface area contributed by atoms with E-state index in [1.807, 2.05) is 39.0 Å². The molecule has 0 fully saturated rings. The first kappa shape index (κ1) is 22.7. The predicted octanol–water partition coefficient (Wildman–Crippen LogP) is 2.23. The van der Waals surface area contributed by atoms with Crippen LogP contribution in [-0.2, 0) is 4.79 Å². The van der Waals surface area contributed by atoms with Gasteiger partial charge in [0, 0.05) is 23.4 Å². The van der Waals surface area contributed by atoms with E-state index in [1.54, 1.807) is 6.07 Å². The second-order valence-corrected chi connectivity index (χ2v) is 7.50. The van der Waals surface area contributed by atoms with Crippen molar-refractivity contribution in [2.45, 2.75) is 26.9 Å². The maximum Gasteiger partial charge on any atom is 0.258 e. The van der Waals surface area contributed by atoms with Gasteiger partial charge in [0.1, 0.15) is 30.2 Å². The summed E-state index contributed by atoms with van der Waals surface area (Å²) in [7, 11) is 0. The van der Waals surface area contributed by atoms with Crippen molar-refractivity contribution in [1.82, 2.24) is 20.4 Å². The molecule has 0 aliphatic carbocycles. The quantitative estimate of drug-likeness (QED) is 0.449. The number of pyridine rings is 1. The van der Waals surface area contributed by atoms with Gasteiger partial charge in [-0.15, -0.1) is 0 Å². The molecule has 0 saturated heterocycles. The maximum atomic E-state index is 11.1. The fourth-order valence-corrected chi connectivity index (χ4v) is 3.29. The highest BCUT2D eigenvalue weighted by molar-refractivity contribution is 6.29. The number of nitrogens with one attached hydrogen (secondary N) is 1. The molecule has 9 nitrogen and oxygen atoms in total. The Morgan fingerprint density at radius 2 is 1.87 bits per heavy atom. The number of carbonyl (C=O) groups is 1. The van der Waals surface area contributed by atoms with Gasteiger partial charge < -0.3 is 24.8 Å². The van der Waals surface area contributed by atoms with Crippen LogP contribution in [0.25, 0.3) is 22.8 Å². The van der Waals surface area contributed by atoms with Gasteiger partial charge in [-0.3, -0.25) is 4.79 Å². The van der Waals surface area contributed by atoms with Crippen molar-refractivity contribution in [2.24, 2.45) is 0 Å².